The molecule has 0 N–H and O–H groups in total. The van der Waals surface area contributed by atoms with Crippen LogP contribution in [0, 0.1) is 17.0 Å². The zero-order valence-electron chi connectivity index (χ0n) is 13.6. The van der Waals surface area contributed by atoms with E-state index in [1.54, 1.807) is 6.07 Å². The number of hydrogen-bond acceptors (Lipinski definition) is 4. The van der Waals surface area contributed by atoms with Crippen molar-refractivity contribution in [1.82, 2.24) is 0 Å². The van der Waals surface area contributed by atoms with Crippen molar-refractivity contribution in [2.75, 3.05) is 0 Å². The summed E-state index contributed by atoms with van der Waals surface area (Å²) in [6.45, 7) is 8.12. The molecule has 0 saturated heterocycles. The maximum absolute atomic E-state index is 12.3. The van der Waals surface area contributed by atoms with Gasteiger partial charge in [0.25, 0.3) is 5.69 Å². The summed E-state index contributed by atoms with van der Waals surface area (Å²) in [5, 5.41) is 10.6. The first-order chi connectivity index (χ1) is 10.7. The maximum atomic E-state index is 12.3. The van der Waals surface area contributed by atoms with Crippen molar-refractivity contribution in [2.24, 2.45) is 0 Å². The van der Waals surface area contributed by atoms with E-state index in [1.165, 1.54) is 24.3 Å². The molecule has 0 saturated carbocycles. The van der Waals surface area contributed by atoms with Crippen LogP contribution in [-0.4, -0.2) is 10.9 Å². The van der Waals surface area contributed by atoms with Gasteiger partial charge in [0.15, 0.2) is 0 Å². The van der Waals surface area contributed by atoms with E-state index in [-0.39, 0.29) is 16.7 Å². The van der Waals surface area contributed by atoms with Gasteiger partial charge in [-0.25, -0.2) is 4.79 Å². The molecular formula is C18H19NO4. The lowest BCUT2D eigenvalue weighted by Gasteiger charge is -2.22. The van der Waals surface area contributed by atoms with Gasteiger partial charge in [-0.3, -0.25) is 10.1 Å². The minimum atomic E-state index is -0.533. The Kier molecular flexibility index (Phi) is 4.50. The highest BCUT2D eigenvalue weighted by molar-refractivity contribution is 5.91. The number of benzene rings is 2. The molecule has 120 valence electrons. The molecular weight excluding hydrogens is 294 g/mol. The molecule has 0 radical (unpaired) electrons. The van der Waals surface area contributed by atoms with Gasteiger partial charge in [-0.05, 0) is 30.5 Å². The Morgan fingerprint density at radius 3 is 2.22 bits per heavy atom. The molecule has 0 heterocycles. The second kappa shape index (κ2) is 6.20. The van der Waals surface area contributed by atoms with Crippen molar-refractivity contribution in [3.8, 4) is 5.75 Å². The van der Waals surface area contributed by atoms with Crippen molar-refractivity contribution < 1.29 is 14.5 Å². The maximum Gasteiger partial charge on any atom is 0.343 e. The second-order valence-corrected chi connectivity index (χ2v) is 6.44. The Hall–Kier alpha value is -2.69. The Bertz CT molecular complexity index is 743. The first-order valence-corrected chi connectivity index (χ1v) is 7.26. The lowest BCUT2D eigenvalue weighted by atomic mass is 9.85. The third kappa shape index (κ3) is 3.94. The van der Waals surface area contributed by atoms with Gasteiger partial charge in [0.1, 0.15) is 5.75 Å². The third-order valence-corrected chi connectivity index (χ3v) is 3.46. The molecule has 0 spiro atoms. The quantitative estimate of drug-likeness (QED) is 0.364. The van der Waals surface area contributed by atoms with E-state index in [2.05, 4.69) is 0 Å². The number of nitro benzene ring substituents is 1. The van der Waals surface area contributed by atoms with E-state index >= 15 is 0 Å². The predicted molar refractivity (Wildman–Crippen MR) is 87.9 cm³/mol. The van der Waals surface area contributed by atoms with E-state index in [9.17, 15) is 14.9 Å². The number of ether oxygens (including phenoxy) is 1. The summed E-state index contributed by atoms with van der Waals surface area (Å²) in [5.41, 5.74) is 2.07. The van der Waals surface area contributed by atoms with Gasteiger partial charge in [-0.2, -0.15) is 0 Å². The number of nitro groups is 1. The Labute approximate surface area is 135 Å². The average Bonchev–Trinajstić information content (AvgIpc) is 2.48. The normalized spacial score (nSPS) is 11.1. The van der Waals surface area contributed by atoms with Crippen LogP contribution >= 0.6 is 0 Å². The van der Waals surface area contributed by atoms with Crippen LogP contribution in [0.4, 0.5) is 5.69 Å². The van der Waals surface area contributed by atoms with Crippen LogP contribution < -0.4 is 4.74 Å². The van der Waals surface area contributed by atoms with Gasteiger partial charge < -0.3 is 4.74 Å². The van der Waals surface area contributed by atoms with Gasteiger partial charge >= 0.3 is 5.97 Å². The van der Waals surface area contributed by atoms with Crippen molar-refractivity contribution in [3.63, 3.8) is 0 Å². The largest absolute Gasteiger partial charge is 0.423 e. The molecule has 2 rings (SSSR count). The fourth-order valence-electron chi connectivity index (χ4n) is 2.20. The van der Waals surface area contributed by atoms with E-state index in [1.807, 2.05) is 39.8 Å². The SMILES string of the molecule is Cc1ccc(OC(=O)c2ccc([N+](=O)[O-])cc2)c(C(C)(C)C)c1. The summed E-state index contributed by atoms with van der Waals surface area (Å²) in [4.78, 5) is 22.4. The molecule has 0 atom stereocenters. The number of nitrogens with zero attached hydrogens (tertiary/aromatic N) is 1. The first kappa shape index (κ1) is 16.7. The highest BCUT2D eigenvalue weighted by Gasteiger charge is 2.21. The average molecular weight is 313 g/mol. The van der Waals surface area contributed by atoms with Crippen LogP contribution in [0.25, 0.3) is 0 Å². The number of carbonyl (C=O) groups excluding carboxylic acids is 1. The van der Waals surface area contributed by atoms with Crippen LogP contribution in [-0.2, 0) is 5.41 Å². The van der Waals surface area contributed by atoms with E-state index in [0.717, 1.165) is 11.1 Å². The second-order valence-electron chi connectivity index (χ2n) is 6.44. The fourth-order valence-corrected chi connectivity index (χ4v) is 2.20. The molecule has 0 aliphatic heterocycles. The number of rotatable bonds is 3. The molecule has 0 aliphatic carbocycles. The third-order valence-electron chi connectivity index (χ3n) is 3.46. The Morgan fingerprint density at radius 2 is 1.70 bits per heavy atom. The Morgan fingerprint density at radius 1 is 1.09 bits per heavy atom. The highest BCUT2D eigenvalue weighted by Crippen LogP contribution is 2.32. The van der Waals surface area contributed by atoms with Gasteiger partial charge in [0.2, 0.25) is 0 Å². The van der Waals surface area contributed by atoms with Crippen LogP contribution in [0.3, 0.4) is 0 Å². The summed E-state index contributed by atoms with van der Waals surface area (Å²) in [6.07, 6.45) is 0. The first-order valence-electron chi connectivity index (χ1n) is 7.26. The number of carbonyl (C=O) groups is 1. The van der Waals surface area contributed by atoms with Gasteiger partial charge in [-0.15, -0.1) is 0 Å². The number of hydrogen-bond donors (Lipinski definition) is 0. The highest BCUT2D eigenvalue weighted by atomic mass is 16.6. The molecule has 2 aromatic carbocycles. The zero-order valence-corrected chi connectivity index (χ0v) is 13.6. The zero-order chi connectivity index (χ0) is 17.2. The summed E-state index contributed by atoms with van der Waals surface area (Å²) in [6, 6.07) is 11.0. The number of aryl methyl sites for hydroxylation is 1. The molecule has 5 heteroatoms. The monoisotopic (exact) mass is 313 g/mol. The molecule has 0 bridgehead atoms. The minimum Gasteiger partial charge on any atom is -0.423 e. The van der Waals surface area contributed by atoms with Crippen LogP contribution in [0.2, 0.25) is 0 Å². The number of non-ortho nitro benzene ring substituents is 1. The molecule has 0 unspecified atom stereocenters. The van der Waals surface area contributed by atoms with Crippen LogP contribution in [0.1, 0.15) is 42.3 Å². The lowest BCUT2D eigenvalue weighted by Crippen LogP contribution is -2.16. The summed E-state index contributed by atoms with van der Waals surface area (Å²) in [7, 11) is 0. The van der Waals surface area contributed by atoms with Crippen LogP contribution in [0.5, 0.6) is 5.75 Å². The topological polar surface area (TPSA) is 69.4 Å². The standard InChI is InChI=1S/C18H19NO4/c1-12-5-10-16(15(11-12)18(2,3)4)23-17(20)13-6-8-14(9-7-13)19(21)22/h5-11H,1-4H3. The fraction of sp³-hybridized carbons (Fsp3) is 0.278. The summed E-state index contributed by atoms with van der Waals surface area (Å²) >= 11 is 0. The summed E-state index contributed by atoms with van der Waals surface area (Å²) in [5.74, 6) is -0.0271. The Balaban J connectivity index is 2.28. The minimum absolute atomic E-state index is 0.0627. The molecule has 5 nitrogen and oxygen atoms in total. The molecule has 2 aromatic rings. The van der Waals surface area contributed by atoms with E-state index in [0.29, 0.717) is 5.75 Å². The van der Waals surface area contributed by atoms with Crippen molar-refractivity contribution in [2.45, 2.75) is 33.1 Å². The molecule has 0 fully saturated rings. The van der Waals surface area contributed by atoms with Gasteiger partial charge in [0, 0.05) is 17.7 Å². The van der Waals surface area contributed by atoms with Crippen LogP contribution in [0.15, 0.2) is 42.5 Å². The van der Waals surface area contributed by atoms with Crippen molar-refractivity contribution in [3.05, 3.63) is 69.3 Å². The van der Waals surface area contributed by atoms with E-state index < -0.39 is 10.9 Å². The molecule has 23 heavy (non-hydrogen) atoms. The lowest BCUT2D eigenvalue weighted by molar-refractivity contribution is -0.384. The summed E-state index contributed by atoms with van der Waals surface area (Å²) < 4.78 is 5.50. The van der Waals surface area contributed by atoms with Crippen molar-refractivity contribution >= 4 is 11.7 Å². The molecule has 0 aliphatic rings. The predicted octanol–water partition coefficient (Wildman–Crippen LogP) is 4.42. The molecule has 0 amide bonds. The number of esters is 1. The van der Waals surface area contributed by atoms with Gasteiger partial charge in [-0.1, -0.05) is 38.5 Å². The van der Waals surface area contributed by atoms with Crippen molar-refractivity contribution in [1.29, 1.82) is 0 Å². The van der Waals surface area contributed by atoms with E-state index in [4.69, 9.17) is 4.74 Å². The molecule has 0 aromatic heterocycles. The van der Waals surface area contributed by atoms with Gasteiger partial charge in [0.05, 0.1) is 10.5 Å². The smallest absolute Gasteiger partial charge is 0.343 e.